The minimum atomic E-state index is -3.98. The van der Waals surface area contributed by atoms with Crippen molar-refractivity contribution in [2.75, 3.05) is 24.4 Å². The Kier molecular flexibility index (Phi) is 5.84. The van der Waals surface area contributed by atoms with Crippen molar-refractivity contribution in [1.29, 1.82) is 0 Å². The highest BCUT2D eigenvalue weighted by atomic mass is 32.2. The summed E-state index contributed by atoms with van der Waals surface area (Å²) in [6, 6.07) is 7.60. The Morgan fingerprint density at radius 3 is 2.64 bits per heavy atom. The van der Waals surface area contributed by atoms with E-state index in [1.54, 1.807) is 17.0 Å². The first-order valence-corrected chi connectivity index (χ1v) is 10.4. The lowest BCUT2D eigenvalue weighted by Gasteiger charge is -2.13. The lowest BCUT2D eigenvalue weighted by atomic mass is 10.1. The van der Waals surface area contributed by atoms with Gasteiger partial charge in [-0.2, -0.15) is 0 Å². The number of carbonyl (C=O) groups excluding carboxylic acids is 2. The topological polar surface area (TPSA) is 111 Å². The molecule has 0 bridgehead atoms. The molecule has 3 N–H and O–H groups in total. The fourth-order valence-electron chi connectivity index (χ4n) is 2.98. The molecule has 1 aliphatic heterocycles. The van der Waals surface area contributed by atoms with E-state index < -0.39 is 15.9 Å². The Morgan fingerprint density at radius 2 is 1.93 bits per heavy atom. The second-order valence-electron chi connectivity index (χ2n) is 6.40. The van der Waals surface area contributed by atoms with Crippen LogP contribution in [0, 0.1) is 0 Å². The van der Waals surface area contributed by atoms with Gasteiger partial charge in [-0.1, -0.05) is 18.2 Å². The number of aromatic nitrogens is 1. The van der Waals surface area contributed by atoms with E-state index in [1.807, 2.05) is 0 Å². The van der Waals surface area contributed by atoms with Gasteiger partial charge in [0.25, 0.3) is 21.8 Å². The molecule has 2 aromatic rings. The number of H-pyrrole nitrogens is 1. The van der Waals surface area contributed by atoms with Crippen molar-refractivity contribution in [1.82, 2.24) is 15.2 Å². The number of likely N-dealkylation sites (tertiary alicyclic amines) is 1. The van der Waals surface area contributed by atoms with E-state index in [2.05, 4.69) is 21.6 Å². The number of hydrogen-bond acceptors (Lipinski definition) is 4. The first-order chi connectivity index (χ1) is 13.4. The number of sulfonamides is 1. The molecule has 8 nitrogen and oxygen atoms in total. The highest BCUT2D eigenvalue weighted by molar-refractivity contribution is 7.92. The predicted octanol–water partition coefficient (Wildman–Crippen LogP) is 1.97. The van der Waals surface area contributed by atoms with Crippen molar-refractivity contribution >= 4 is 27.5 Å². The Bertz CT molecular complexity index is 991. The van der Waals surface area contributed by atoms with E-state index in [0.29, 0.717) is 13.1 Å². The van der Waals surface area contributed by atoms with Gasteiger partial charge in [-0.05, 0) is 31.0 Å². The summed E-state index contributed by atoms with van der Waals surface area (Å²) in [6.07, 6.45) is 4.70. The van der Waals surface area contributed by atoms with E-state index in [1.165, 1.54) is 30.5 Å². The summed E-state index contributed by atoms with van der Waals surface area (Å²) < 4.78 is 27.9. The third kappa shape index (κ3) is 4.25. The average Bonchev–Trinajstić information content (AvgIpc) is 3.38. The van der Waals surface area contributed by atoms with Gasteiger partial charge in [0.2, 0.25) is 0 Å². The second kappa shape index (κ2) is 8.30. The molecule has 2 amide bonds. The normalized spacial score (nSPS) is 13.9. The number of rotatable bonds is 7. The van der Waals surface area contributed by atoms with Crippen LogP contribution in [0.5, 0.6) is 0 Å². The molecule has 3 rings (SSSR count). The molecule has 0 atom stereocenters. The summed E-state index contributed by atoms with van der Waals surface area (Å²) in [4.78, 5) is 29.0. The Morgan fingerprint density at radius 1 is 1.21 bits per heavy atom. The van der Waals surface area contributed by atoms with Gasteiger partial charge in [-0.15, -0.1) is 6.58 Å². The lowest BCUT2D eigenvalue weighted by molar-refractivity contribution is 0.0787. The average molecular weight is 402 g/mol. The molecule has 0 spiro atoms. The molecule has 1 aromatic carbocycles. The molecule has 1 fully saturated rings. The molecule has 0 unspecified atom stereocenters. The number of benzene rings is 1. The predicted molar refractivity (Wildman–Crippen MR) is 106 cm³/mol. The van der Waals surface area contributed by atoms with E-state index in [4.69, 9.17) is 0 Å². The molecule has 0 saturated carbocycles. The zero-order valence-corrected chi connectivity index (χ0v) is 16.1. The Hall–Kier alpha value is -3.07. The van der Waals surface area contributed by atoms with E-state index >= 15 is 0 Å². The molecule has 1 saturated heterocycles. The quantitative estimate of drug-likeness (QED) is 0.615. The zero-order valence-electron chi connectivity index (χ0n) is 15.3. The first kappa shape index (κ1) is 19.7. The molecule has 0 aliphatic carbocycles. The molecule has 2 heterocycles. The van der Waals surface area contributed by atoms with Crippen molar-refractivity contribution in [2.45, 2.75) is 17.7 Å². The zero-order chi connectivity index (χ0) is 20.1. The standard InChI is InChI=1S/C19H22N4O4S/c1-2-9-20-18(24)15-7-3-4-8-16(15)22-28(26,27)14-12-17(21-13-14)19(25)23-10-5-6-11-23/h2-4,7-8,12-13,21-22H,1,5-6,9-11H2,(H,20,24). The summed E-state index contributed by atoms with van der Waals surface area (Å²) >= 11 is 0. The fourth-order valence-corrected chi connectivity index (χ4v) is 4.05. The highest BCUT2D eigenvalue weighted by Gasteiger charge is 2.24. The van der Waals surface area contributed by atoms with Crippen molar-refractivity contribution < 1.29 is 18.0 Å². The number of amides is 2. The van der Waals surface area contributed by atoms with Gasteiger partial charge >= 0.3 is 0 Å². The number of hydrogen-bond donors (Lipinski definition) is 3. The third-order valence-corrected chi connectivity index (χ3v) is 5.76. The minimum absolute atomic E-state index is 0.0728. The summed E-state index contributed by atoms with van der Waals surface area (Å²) in [5, 5.41) is 2.62. The van der Waals surface area contributed by atoms with Gasteiger partial charge in [0.05, 0.1) is 11.3 Å². The fraction of sp³-hybridized carbons (Fsp3) is 0.263. The van der Waals surface area contributed by atoms with Gasteiger partial charge in [0, 0.05) is 25.8 Å². The van der Waals surface area contributed by atoms with Crippen LogP contribution < -0.4 is 10.0 Å². The summed E-state index contributed by atoms with van der Waals surface area (Å²) in [6.45, 7) is 5.14. The van der Waals surface area contributed by atoms with Crippen LogP contribution in [0.25, 0.3) is 0 Å². The van der Waals surface area contributed by atoms with Crippen LogP contribution in [0.15, 0.2) is 54.1 Å². The molecule has 1 aliphatic rings. The summed E-state index contributed by atoms with van der Waals surface area (Å²) in [7, 11) is -3.98. The largest absolute Gasteiger partial charge is 0.356 e. The van der Waals surface area contributed by atoms with Gasteiger partial charge in [-0.25, -0.2) is 8.42 Å². The maximum absolute atomic E-state index is 12.7. The third-order valence-electron chi connectivity index (χ3n) is 4.41. The van der Waals surface area contributed by atoms with Crippen LogP contribution in [0.3, 0.4) is 0 Å². The number of nitrogens with one attached hydrogen (secondary N) is 3. The highest BCUT2D eigenvalue weighted by Crippen LogP contribution is 2.21. The summed E-state index contributed by atoms with van der Waals surface area (Å²) in [5.41, 5.74) is 0.564. The summed E-state index contributed by atoms with van der Waals surface area (Å²) in [5.74, 6) is -0.639. The van der Waals surface area contributed by atoms with Crippen LogP contribution in [-0.4, -0.2) is 49.8 Å². The molecule has 148 valence electrons. The van der Waals surface area contributed by atoms with Crippen LogP contribution in [0.2, 0.25) is 0 Å². The SMILES string of the molecule is C=CCNC(=O)c1ccccc1NS(=O)(=O)c1c[nH]c(C(=O)N2CCCC2)c1. The van der Waals surface area contributed by atoms with Crippen LogP contribution in [0.4, 0.5) is 5.69 Å². The lowest BCUT2D eigenvalue weighted by Crippen LogP contribution is -2.27. The number of aromatic amines is 1. The number of nitrogens with zero attached hydrogens (tertiary/aromatic N) is 1. The molecule has 28 heavy (non-hydrogen) atoms. The van der Waals surface area contributed by atoms with Gasteiger partial charge in [-0.3, -0.25) is 14.3 Å². The van der Waals surface area contributed by atoms with Gasteiger partial charge < -0.3 is 15.2 Å². The number of anilines is 1. The molecular weight excluding hydrogens is 380 g/mol. The molecular formula is C19H22N4O4S. The van der Waals surface area contributed by atoms with Crippen molar-refractivity contribution in [2.24, 2.45) is 0 Å². The van der Waals surface area contributed by atoms with Crippen LogP contribution in [0.1, 0.15) is 33.7 Å². The van der Waals surface area contributed by atoms with E-state index in [9.17, 15) is 18.0 Å². The van der Waals surface area contributed by atoms with Crippen LogP contribution >= 0.6 is 0 Å². The van der Waals surface area contributed by atoms with E-state index in [0.717, 1.165) is 12.8 Å². The maximum Gasteiger partial charge on any atom is 0.270 e. The second-order valence-corrected chi connectivity index (χ2v) is 8.08. The van der Waals surface area contributed by atoms with Crippen molar-refractivity contribution in [3.05, 3.63) is 60.4 Å². The van der Waals surface area contributed by atoms with Crippen molar-refractivity contribution in [3.8, 4) is 0 Å². The number of carbonyl (C=O) groups is 2. The monoisotopic (exact) mass is 402 g/mol. The smallest absolute Gasteiger partial charge is 0.270 e. The maximum atomic E-state index is 12.7. The van der Waals surface area contributed by atoms with Crippen molar-refractivity contribution in [3.63, 3.8) is 0 Å². The Balaban J connectivity index is 1.80. The molecule has 9 heteroatoms. The number of para-hydroxylation sites is 1. The van der Waals surface area contributed by atoms with Crippen LogP contribution in [-0.2, 0) is 10.0 Å². The van der Waals surface area contributed by atoms with Gasteiger partial charge in [0.1, 0.15) is 10.6 Å². The first-order valence-electron chi connectivity index (χ1n) is 8.91. The molecule has 0 radical (unpaired) electrons. The van der Waals surface area contributed by atoms with E-state index in [-0.39, 0.29) is 34.3 Å². The molecule has 1 aromatic heterocycles. The van der Waals surface area contributed by atoms with Gasteiger partial charge in [0.15, 0.2) is 0 Å². The Labute approximate surface area is 163 Å². The minimum Gasteiger partial charge on any atom is -0.356 e.